The fraction of sp³-hybridized carbons (Fsp3) is 0.500. The van der Waals surface area contributed by atoms with Crippen molar-refractivity contribution in [2.24, 2.45) is 5.41 Å². The van der Waals surface area contributed by atoms with Crippen LogP contribution in [0.25, 0.3) is 0 Å². The summed E-state index contributed by atoms with van der Waals surface area (Å²) in [6.45, 7) is 1.11. The molecule has 5 heteroatoms. The minimum absolute atomic E-state index is 0.00130. The molecule has 23 heavy (non-hydrogen) atoms. The smallest absolute Gasteiger partial charge is 0.305 e. The third kappa shape index (κ3) is 4.56. The lowest BCUT2D eigenvalue weighted by atomic mass is 9.74. The lowest BCUT2D eigenvalue weighted by Gasteiger charge is -2.37. The summed E-state index contributed by atoms with van der Waals surface area (Å²) in [5.74, 6) is -0.261. The van der Waals surface area contributed by atoms with E-state index in [1.807, 2.05) is 30.3 Å². The van der Waals surface area contributed by atoms with E-state index in [9.17, 15) is 14.9 Å². The number of likely N-dealkylation sites (tertiary alicyclic amines) is 1. The molecule has 122 valence electrons. The Labute approximate surface area is 136 Å². The number of esters is 1. The van der Waals surface area contributed by atoms with Crippen LogP contribution in [0.1, 0.15) is 31.2 Å². The molecule has 1 aromatic rings. The quantitative estimate of drug-likeness (QED) is 0.756. The zero-order valence-electron chi connectivity index (χ0n) is 13.5. The zero-order chi connectivity index (χ0) is 16.7. The Hall–Kier alpha value is -2.35. The summed E-state index contributed by atoms with van der Waals surface area (Å²) in [7, 11) is 1.36. The van der Waals surface area contributed by atoms with Gasteiger partial charge in [0.25, 0.3) is 0 Å². The second-order valence-corrected chi connectivity index (χ2v) is 6.04. The van der Waals surface area contributed by atoms with E-state index >= 15 is 0 Å². The Morgan fingerprint density at radius 1 is 1.39 bits per heavy atom. The fourth-order valence-corrected chi connectivity index (χ4v) is 2.99. The Bertz CT molecular complexity index is 594. The highest BCUT2D eigenvalue weighted by atomic mass is 16.5. The second kappa shape index (κ2) is 7.77. The maximum absolute atomic E-state index is 12.4. The van der Waals surface area contributed by atoms with Gasteiger partial charge in [0.15, 0.2) is 0 Å². The first-order valence-corrected chi connectivity index (χ1v) is 7.88. The average molecular weight is 314 g/mol. The Kier molecular flexibility index (Phi) is 5.75. The number of amides is 1. The van der Waals surface area contributed by atoms with Crippen LogP contribution in [-0.4, -0.2) is 37.0 Å². The van der Waals surface area contributed by atoms with E-state index in [1.54, 1.807) is 4.90 Å². The number of rotatable bonds is 6. The predicted molar refractivity (Wildman–Crippen MR) is 85.3 cm³/mol. The number of hydrogen-bond acceptors (Lipinski definition) is 4. The number of ether oxygens (including phenoxy) is 1. The van der Waals surface area contributed by atoms with Crippen molar-refractivity contribution in [3.8, 4) is 6.07 Å². The maximum atomic E-state index is 12.4. The molecule has 1 atom stereocenters. The van der Waals surface area contributed by atoms with Crippen LogP contribution < -0.4 is 0 Å². The first-order valence-electron chi connectivity index (χ1n) is 7.88. The number of nitriles is 1. The van der Waals surface area contributed by atoms with Gasteiger partial charge in [-0.3, -0.25) is 9.59 Å². The van der Waals surface area contributed by atoms with Gasteiger partial charge in [-0.15, -0.1) is 0 Å². The summed E-state index contributed by atoms with van der Waals surface area (Å²) < 4.78 is 4.60. The van der Waals surface area contributed by atoms with Crippen LogP contribution in [0.2, 0.25) is 0 Å². The zero-order valence-corrected chi connectivity index (χ0v) is 13.5. The van der Waals surface area contributed by atoms with Gasteiger partial charge in [0.2, 0.25) is 5.91 Å². The summed E-state index contributed by atoms with van der Waals surface area (Å²) in [4.78, 5) is 25.2. The van der Waals surface area contributed by atoms with E-state index in [0.717, 1.165) is 5.56 Å². The van der Waals surface area contributed by atoms with Crippen LogP contribution >= 0.6 is 0 Å². The molecule has 0 radical (unpaired) electrons. The summed E-state index contributed by atoms with van der Waals surface area (Å²) in [6, 6.07) is 12.2. The lowest BCUT2D eigenvalue weighted by Crippen LogP contribution is -2.45. The molecule has 0 N–H and O–H groups in total. The molecule has 0 bridgehead atoms. The number of carbonyl (C=O) groups is 2. The molecule has 1 aromatic carbocycles. The Morgan fingerprint density at radius 2 is 2.13 bits per heavy atom. The van der Waals surface area contributed by atoms with Gasteiger partial charge >= 0.3 is 5.97 Å². The molecule has 0 saturated carbocycles. The third-order valence-electron chi connectivity index (χ3n) is 4.36. The summed E-state index contributed by atoms with van der Waals surface area (Å²) in [5.41, 5.74) is 0.470. The summed E-state index contributed by atoms with van der Waals surface area (Å²) >= 11 is 0. The topological polar surface area (TPSA) is 70.4 Å². The average Bonchev–Trinajstić information content (AvgIpc) is 2.57. The predicted octanol–water partition coefficient (Wildman–Crippen LogP) is 2.31. The summed E-state index contributed by atoms with van der Waals surface area (Å²) in [5, 5.41) is 9.61. The van der Waals surface area contributed by atoms with Crippen LogP contribution in [0.5, 0.6) is 0 Å². The molecule has 1 heterocycles. The molecular formula is C18H22N2O3. The summed E-state index contributed by atoms with van der Waals surface area (Å²) in [6.07, 6.45) is 2.43. The molecule has 0 aromatic heterocycles. The molecule has 1 saturated heterocycles. The van der Waals surface area contributed by atoms with Crippen LogP contribution in [0.15, 0.2) is 30.3 Å². The molecule has 0 aliphatic carbocycles. The number of hydrogen-bond donors (Lipinski definition) is 0. The highest BCUT2D eigenvalue weighted by Gasteiger charge is 2.39. The monoisotopic (exact) mass is 314 g/mol. The van der Waals surface area contributed by atoms with Gasteiger partial charge in [0, 0.05) is 25.9 Å². The molecule has 1 aliphatic heterocycles. The van der Waals surface area contributed by atoms with Crippen molar-refractivity contribution in [3.05, 3.63) is 35.9 Å². The lowest BCUT2D eigenvalue weighted by molar-refractivity contribution is -0.142. The number of nitrogens with zero attached hydrogens (tertiary/aromatic N) is 2. The highest BCUT2D eigenvalue weighted by Crippen LogP contribution is 2.35. The molecule has 2 rings (SSSR count). The van der Waals surface area contributed by atoms with Crippen molar-refractivity contribution in [1.29, 1.82) is 5.26 Å². The molecule has 1 aliphatic rings. The van der Waals surface area contributed by atoms with Crippen molar-refractivity contribution in [1.82, 2.24) is 4.90 Å². The van der Waals surface area contributed by atoms with Crippen molar-refractivity contribution in [2.75, 3.05) is 20.2 Å². The SMILES string of the molecule is COC(=O)CCCN1CC[C@](C#N)(Cc2ccccc2)CC1=O. The van der Waals surface area contributed by atoms with Gasteiger partial charge < -0.3 is 9.64 Å². The Balaban J connectivity index is 1.92. The third-order valence-corrected chi connectivity index (χ3v) is 4.36. The van der Waals surface area contributed by atoms with E-state index in [2.05, 4.69) is 10.8 Å². The van der Waals surface area contributed by atoms with Crippen LogP contribution in [0.4, 0.5) is 0 Å². The van der Waals surface area contributed by atoms with Gasteiger partial charge in [0.05, 0.1) is 18.6 Å². The number of piperidine rings is 1. The first-order chi connectivity index (χ1) is 11.1. The van der Waals surface area contributed by atoms with E-state index < -0.39 is 5.41 Å². The van der Waals surface area contributed by atoms with Gasteiger partial charge in [-0.05, 0) is 24.8 Å². The van der Waals surface area contributed by atoms with Gasteiger partial charge in [-0.2, -0.15) is 5.26 Å². The van der Waals surface area contributed by atoms with E-state index in [1.165, 1.54) is 7.11 Å². The number of benzene rings is 1. The minimum atomic E-state index is -0.614. The molecule has 5 nitrogen and oxygen atoms in total. The molecular weight excluding hydrogens is 292 g/mol. The highest BCUT2D eigenvalue weighted by molar-refractivity contribution is 5.78. The van der Waals surface area contributed by atoms with Gasteiger partial charge in [-0.25, -0.2) is 0 Å². The van der Waals surface area contributed by atoms with Crippen molar-refractivity contribution in [2.45, 2.75) is 32.1 Å². The molecule has 1 fully saturated rings. The molecule has 0 spiro atoms. The minimum Gasteiger partial charge on any atom is -0.469 e. The van der Waals surface area contributed by atoms with Crippen molar-refractivity contribution < 1.29 is 14.3 Å². The number of carbonyl (C=O) groups excluding carboxylic acids is 2. The largest absolute Gasteiger partial charge is 0.469 e. The van der Waals surface area contributed by atoms with Crippen LogP contribution in [0.3, 0.4) is 0 Å². The first kappa shape index (κ1) is 17.0. The van der Waals surface area contributed by atoms with Crippen molar-refractivity contribution >= 4 is 11.9 Å². The second-order valence-electron chi connectivity index (χ2n) is 6.04. The normalized spacial score (nSPS) is 20.9. The van der Waals surface area contributed by atoms with Crippen LogP contribution in [0, 0.1) is 16.7 Å². The Morgan fingerprint density at radius 3 is 2.74 bits per heavy atom. The maximum Gasteiger partial charge on any atom is 0.305 e. The molecule has 0 unspecified atom stereocenters. The fourth-order valence-electron chi connectivity index (χ4n) is 2.99. The van der Waals surface area contributed by atoms with Crippen LogP contribution in [-0.2, 0) is 20.7 Å². The number of methoxy groups -OCH3 is 1. The van der Waals surface area contributed by atoms with E-state index in [4.69, 9.17) is 0 Å². The molecule has 1 amide bonds. The van der Waals surface area contributed by atoms with Gasteiger partial charge in [0.1, 0.15) is 0 Å². The standard InChI is InChI=1S/C18H22N2O3/c1-23-17(22)8-5-10-20-11-9-18(14-19,13-16(20)21)12-15-6-3-2-4-7-15/h2-4,6-7H,5,8-13H2,1H3/t18-/m0/s1. The van der Waals surface area contributed by atoms with E-state index in [0.29, 0.717) is 38.8 Å². The van der Waals surface area contributed by atoms with Crippen molar-refractivity contribution in [3.63, 3.8) is 0 Å². The van der Waals surface area contributed by atoms with Gasteiger partial charge in [-0.1, -0.05) is 30.3 Å². The van der Waals surface area contributed by atoms with E-state index in [-0.39, 0.29) is 18.3 Å².